The van der Waals surface area contributed by atoms with Crippen LogP contribution in [0.5, 0.6) is 0 Å². The second-order valence-corrected chi connectivity index (χ2v) is 8.74. The van der Waals surface area contributed by atoms with E-state index >= 15 is 0 Å². The van der Waals surface area contributed by atoms with Gasteiger partial charge < -0.3 is 15.4 Å². The summed E-state index contributed by atoms with van der Waals surface area (Å²) in [4.78, 5) is 39.2. The Labute approximate surface area is 215 Å². The quantitative estimate of drug-likeness (QED) is 0.180. The number of esters is 1. The number of hydrazine groups is 1. The van der Waals surface area contributed by atoms with Gasteiger partial charge >= 0.3 is 5.97 Å². The molecule has 1 aliphatic rings. The molecule has 190 valence electrons. The fraction of sp³-hybridized carbons (Fsp3) is 0.214. The van der Waals surface area contributed by atoms with E-state index in [0.29, 0.717) is 37.2 Å². The van der Waals surface area contributed by atoms with Crippen molar-refractivity contribution in [3.63, 3.8) is 0 Å². The van der Waals surface area contributed by atoms with Gasteiger partial charge in [-0.05, 0) is 40.8 Å². The highest BCUT2D eigenvalue weighted by Crippen LogP contribution is 2.33. The topological polar surface area (TPSA) is 129 Å². The van der Waals surface area contributed by atoms with Gasteiger partial charge in [-0.15, -0.1) is 0 Å². The van der Waals surface area contributed by atoms with Crippen LogP contribution in [0.2, 0.25) is 0 Å². The first-order valence-corrected chi connectivity index (χ1v) is 11.9. The predicted molar refractivity (Wildman–Crippen MR) is 141 cm³/mol. The number of benzene rings is 3. The van der Waals surface area contributed by atoms with Gasteiger partial charge in [0, 0.05) is 18.7 Å². The monoisotopic (exact) mass is 499 g/mol. The lowest BCUT2D eigenvalue weighted by molar-refractivity contribution is -0.145. The van der Waals surface area contributed by atoms with Gasteiger partial charge in [0.05, 0.1) is 19.2 Å². The van der Waals surface area contributed by atoms with E-state index in [-0.39, 0.29) is 18.2 Å². The lowest BCUT2D eigenvalue weighted by Crippen LogP contribution is -2.53. The Morgan fingerprint density at radius 2 is 1.81 bits per heavy atom. The van der Waals surface area contributed by atoms with Gasteiger partial charge in [-0.3, -0.25) is 30.2 Å². The zero-order valence-corrected chi connectivity index (χ0v) is 20.5. The molecule has 0 aromatic heterocycles. The number of ether oxygens (including phenoxy) is 1. The van der Waals surface area contributed by atoms with Crippen molar-refractivity contribution < 1.29 is 19.1 Å². The van der Waals surface area contributed by atoms with E-state index in [1.165, 1.54) is 12.1 Å². The minimum Gasteiger partial charge on any atom is -0.469 e. The summed E-state index contributed by atoms with van der Waals surface area (Å²) in [5, 5.41) is 9.06. The molecule has 0 radical (unpaired) electrons. The molecular weight excluding hydrogens is 470 g/mol. The summed E-state index contributed by atoms with van der Waals surface area (Å²) in [6, 6.07) is 21.9. The third-order valence-electron chi connectivity index (χ3n) is 6.43. The van der Waals surface area contributed by atoms with Crippen molar-refractivity contribution in [3.8, 4) is 11.1 Å². The summed E-state index contributed by atoms with van der Waals surface area (Å²) in [5.74, 6) is -0.836. The molecule has 9 heteroatoms. The molecule has 1 atom stereocenters. The maximum absolute atomic E-state index is 13.7. The van der Waals surface area contributed by atoms with Crippen LogP contribution < -0.4 is 16.2 Å². The molecule has 1 heterocycles. The fourth-order valence-electron chi connectivity index (χ4n) is 4.48. The zero-order valence-electron chi connectivity index (χ0n) is 20.5. The first kappa shape index (κ1) is 25.4. The van der Waals surface area contributed by atoms with E-state index in [9.17, 15) is 14.4 Å². The SMILES string of the molecule is COC(=O)CC1C(=O)N(CCc2ccccc2)Cc2cc(-c3ccc(C(=N)N)cc3)ccc2N1NC=O. The van der Waals surface area contributed by atoms with E-state index in [0.717, 1.165) is 22.3 Å². The van der Waals surface area contributed by atoms with Gasteiger partial charge in [0.1, 0.15) is 11.9 Å². The average Bonchev–Trinajstić information content (AvgIpc) is 3.02. The minimum absolute atomic E-state index is 0.00623. The normalized spacial score (nSPS) is 14.9. The van der Waals surface area contributed by atoms with Crippen molar-refractivity contribution in [2.24, 2.45) is 5.73 Å². The molecular formula is C28H29N5O4. The van der Waals surface area contributed by atoms with Crippen LogP contribution >= 0.6 is 0 Å². The molecule has 3 aromatic carbocycles. The number of amidine groups is 1. The van der Waals surface area contributed by atoms with E-state index in [1.54, 1.807) is 17.0 Å². The van der Waals surface area contributed by atoms with E-state index in [1.807, 2.05) is 60.7 Å². The number of nitrogens with one attached hydrogen (secondary N) is 2. The second kappa shape index (κ2) is 11.4. The molecule has 0 saturated carbocycles. The Morgan fingerprint density at radius 3 is 2.46 bits per heavy atom. The molecule has 37 heavy (non-hydrogen) atoms. The number of hydrogen-bond donors (Lipinski definition) is 3. The van der Waals surface area contributed by atoms with E-state index in [4.69, 9.17) is 15.9 Å². The van der Waals surface area contributed by atoms with Crippen LogP contribution in [-0.2, 0) is 32.1 Å². The number of rotatable bonds is 9. The van der Waals surface area contributed by atoms with Gasteiger partial charge in [-0.1, -0.05) is 60.7 Å². The highest BCUT2D eigenvalue weighted by atomic mass is 16.5. The maximum atomic E-state index is 13.7. The molecule has 0 aliphatic carbocycles. The van der Waals surface area contributed by atoms with Crippen LogP contribution in [0, 0.1) is 5.41 Å². The number of methoxy groups -OCH3 is 1. The number of carbonyl (C=O) groups is 3. The summed E-state index contributed by atoms with van der Waals surface area (Å²) in [5.41, 5.74) is 13.2. The smallest absolute Gasteiger partial charge is 0.308 e. The number of fused-ring (bicyclic) bond motifs is 1. The second-order valence-electron chi connectivity index (χ2n) is 8.74. The number of nitrogen functional groups attached to an aromatic ring is 1. The molecule has 4 N–H and O–H groups in total. The lowest BCUT2D eigenvalue weighted by atomic mass is 10.00. The summed E-state index contributed by atoms with van der Waals surface area (Å²) in [6.45, 7) is 0.738. The standard InChI is InChI=1S/C28H29N5O4/c1-37-26(35)16-25-28(36)32(14-13-19-5-3-2-4-6-19)17-23-15-22(11-12-24(23)33(25)31-18-34)20-7-9-21(10-8-20)27(29)30/h2-12,15,18,25H,13-14,16-17H2,1H3,(H3,29,30)(H,31,34). The van der Waals surface area contributed by atoms with Gasteiger partial charge in [-0.2, -0.15) is 0 Å². The predicted octanol–water partition coefficient (Wildman–Crippen LogP) is 2.62. The van der Waals surface area contributed by atoms with Gasteiger partial charge in [0.15, 0.2) is 0 Å². The number of hydrogen-bond acceptors (Lipinski definition) is 6. The van der Waals surface area contributed by atoms with Crippen molar-refractivity contribution in [1.82, 2.24) is 10.3 Å². The summed E-state index contributed by atoms with van der Waals surface area (Å²) in [6.07, 6.45) is 0.918. The molecule has 0 saturated heterocycles. The Balaban J connectivity index is 1.73. The molecule has 0 fully saturated rings. The molecule has 1 unspecified atom stereocenters. The van der Waals surface area contributed by atoms with Crippen molar-refractivity contribution in [2.75, 3.05) is 18.7 Å². The number of anilines is 1. The van der Waals surface area contributed by atoms with Crippen LogP contribution in [0.1, 0.15) is 23.1 Å². The third-order valence-corrected chi connectivity index (χ3v) is 6.43. The first-order chi connectivity index (χ1) is 17.9. The van der Waals surface area contributed by atoms with E-state index < -0.39 is 12.0 Å². The van der Waals surface area contributed by atoms with Gasteiger partial charge in [0.25, 0.3) is 0 Å². The molecule has 0 spiro atoms. The number of amides is 2. The fourth-order valence-corrected chi connectivity index (χ4v) is 4.48. The Kier molecular flexibility index (Phi) is 7.83. The summed E-state index contributed by atoms with van der Waals surface area (Å²) >= 11 is 0. The number of nitrogens with two attached hydrogens (primary N) is 1. The Hall–Kier alpha value is -4.66. The zero-order chi connectivity index (χ0) is 26.4. The Morgan fingerprint density at radius 1 is 1.11 bits per heavy atom. The first-order valence-electron chi connectivity index (χ1n) is 11.9. The van der Waals surface area contributed by atoms with Crippen LogP contribution in [0.3, 0.4) is 0 Å². The summed E-state index contributed by atoms with van der Waals surface area (Å²) < 4.78 is 4.85. The minimum atomic E-state index is -0.963. The molecule has 1 aliphatic heterocycles. The highest BCUT2D eigenvalue weighted by molar-refractivity contribution is 5.95. The largest absolute Gasteiger partial charge is 0.469 e. The van der Waals surface area contributed by atoms with E-state index in [2.05, 4.69) is 5.43 Å². The number of nitrogens with zero attached hydrogens (tertiary/aromatic N) is 2. The number of carbonyl (C=O) groups excluding carboxylic acids is 3. The van der Waals surface area contributed by atoms with Crippen molar-refractivity contribution >= 4 is 29.8 Å². The molecule has 3 aromatic rings. The van der Waals surface area contributed by atoms with Crippen molar-refractivity contribution in [3.05, 3.63) is 89.5 Å². The maximum Gasteiger partial charge on any atom is 0.308 e. The van der Waals surface area contributed by atoms with Crippen LogP contribution in [0.15, 0.2) is 72.8 Å². The van der Waals surface area contributed by atoms with Crippen LogP contribution in [0.25, 0.3) is 11.1 Å². The average molecular weight is 500 g/mol. The van der Waals surface area contributed by atoms with Crippen molar-refractivity contribution in [1.29, 1.82) is 5.41 Å². The highest BCUT2D eigenvalue weighted by Gasteiger charge is 2.37. The van der Waals surface area contributed by atoms with Crippen LogP contribution in [-0.4, -0.2) is 48.7 Å². The van der Waals surface area contributed by atoms with Gasteiger partial charge in [0.2, 0.25) is 12.3 Å². The van der Waals surface area contributed by atoms with Gasteiger partial charge in [-0.25, -0.2) is 0 Å². The Bertz CT molecular complexity index is 1290. The molecule has 2 amide bonds. The van der Waals surface area contributed by atoms with Crippen molar-refractivity contribution in [2.45, 2.75) is 25.4 Å². The molecule has 9 nitrogen and oxygen atoms in total. The molecule has 0 bridgehead atoms. The molecule has 4 rings (SSSR count). The third kappa shape index (κ3) is 5.78. The van der Waals surface area contributed by atoms with Crippen LogP contribution in [0.4, 0.5) is 5.69 Å². The summed E-state index contributed by atoms with van der Waals surface area (Å²) in [7, 11) is 1.27. The lowest BCUT2D eigenvalue weighted by Gasteiger charge is -2.31.